The van der Waals surface area contributed by atoms with Crippen LogP contribution in [0.4, 0.5) is 0 Å². The molecule has 0 saturated heterocycles. The van der Waals surface area contributed by atoms with Crippen LogP contribution in [-0.4, -0.2) is 37.0 Å². The van der Waals surface area contributed by atoms with E-state index in [4.69, 9.17) is 4.74 Å². The van der Waals surface area contributed by atoms with Gasteiger partial charge in [-0.2, -0.15) is 0 Å². The molecule has 1 aliphatic rings. The van der Waals surface area contributed by atoms with E-state index in [2.05, 4.69) is 19.2 Å². The summed E-state index contributed by atoms with van der Waals surface area (Å²) in [6.45, 7) is 6.37. The number of ether oxygens (including phenoxy) is 1. The van der Waals surface area contributed by atoms with Gasteiger partial charge >= 0.3 is 0 Å². The Morgan fingerprint density at radius 3 is 2.61 bits per heavy atom. The van der Waals surface area contributed by atoms with E-state index >= 15 is 0 Å². The average Bonchev–Trinajstić information content (AvgIpc) is 3.20. The van der Waals surface area contributed by atoms with Gasteiger partial charge in [-0.15, -0.1) is 0 Å². The summed E-state index contributed by atoms with van der Waals surface area (Å²) in [5.41, 5.74) is 0. The molecule has 0 bridgehead atoms. The molecule has 1 rings (SSSR count). The number of aliphatic hydroxyl groups excluding tert-OH is 1. The van der Waals surface area contributed by atoms with Gasteiger partial charge in [-0.3, -0.25) is 0 Å². The fraction of sp³-hybridized carbons (Fsp3) is 1.00. The quantitative estimate of drug-likeness (QED) is 0.528. The van der Waals surface area contributed by atoms with E-state index in [-0.39, 0.29) is 12.6 Å². The molecule has 0 aliphatic heterocycles. The molecular formula is C15H31NO2. The predicted molar refractivity (Wildman–Crippen MR) is 75.8 cm³/mol. The maximum atomic E-state index is 9.26. The number of hydrogen-bond acceptors (Lipinski definition) is 3. The van der Waals surface area contributed by atoms with E-state index in [0.29, 0.717) is 12.0 Å². The van der Waals surface area contributed by atoms with Crippen molar-refractivity contribution in [3.05, 3.63) is 0 Å². The third kappa shape index (κ3) is 7.34. The van der Waals surface area contributed by atoms with Gasteiger partial charge in [-0.1, -0.05) is 33.1 Å². The van der Waals surface area contributed by atoms with Crippen LogP contribution in [0, 0.1) is 5.92 Å². The molecule has 1 fully saturated rings. The molecule has 0 aromatic rings. The van der Waals surface area contributed by atoms with Gasteiger partial charge in [0.2, 0.25) is 0 Å². The highest BCUT2D eigenvalue weighted by Crippen LogP contribution is 2.20. The molecule has 0 aromatic heterocycles. The molecule has 2 atom stereocenters. The molecule has 0 spiro atoms. The SMILES string of the molecule is CCCCC(CC)COCCC(CO)NC1CC1. The standard InChI is InChI=1S/C15H31NO2/c1-3-5-6-13(4-2)12-18-10-9-15(11-17)16-14-7-8-14/h13-17H,3-12H2,1-2H3. The van der Waals surface area contributed by atoms with Crippen LogP contribution in [-0.2, 0) is 4.74 Å². The van der Waals surface area contributed by atoms with Crippen molar-refractivity contribution in [1.82, 2.24) is 5.32 Å². The van der Waals surface area contributed by atoms with Gasteiger partial charge in [0, 0.05) is 25.3 Å². The number of hydrogen-bond donors (Lipinski definition) is 2. The fourth-order valence-corrected chi connectivity index (χ4v) is 2.18. The highest BCUT2D eigenvalue weighted by molar-refractivity contribution is 4.84. The van der Waals surface area contributed by atoms with E-state index in [1.54, 1.807) is 0 Å². The van der Waals surface area contributed by atoms with Crippen LogP contribution in [0.5, 0.6) is 0 Å². The largest absolute Gasteiger partial charge is 0.395 e. The minimum absolute atomic E-state index is 0.229. The molecule has 3 nitrogen and oxygen atoms in total. The van der Waals surface area contributed by atoms with Crippen molar-refractivity contribution in [2.45, 2.75) is 70.9 Å². The highest BCUT2D eigenvalue weighted by Gasteiger charge is 2.23. The Kier molecular flexibility index (Phi) is 8.64. The Labute approximate surface area is 112 Å². The zero-order chi connectivity index (χ0) is 13.2. The molecule has 2 unspecified atom stereocenters. The first-order valence-corrected chi connectivity index (χ1v) is 7.74. The van der Waals surface area contributed by atoms with Gasteiger partial charge in [0.15, 0.2) is 0 Å². The van der Waals surface area contributed by atoms with Crippen LogP contribution < -0.4 is 5.32 Å². The Bertz CT molecular complexity index is 195. The summed E-state index contributed by atoms with van der Waals surface area (Å²) in [7, 11) is 0. The average molecular weight is 257 g/mol. The molecular weight excluding hydrogens is 226 g/mol. The van der Waals surface area contributed by atoms with Crippen LogP contribution in [0.3, 0.4) is 0 Å². The lowest BCUT2D eigenvalue weighted by Crippen LogP contribution is -2.35. The van der Waals surface area contributed by atoms with Gasteiger partial charge in [0.1, 0.15) is 0 Å². The normalized spacial score (nSPS) is 18.8. The zero-order valence-corrected chi connectivity index (χ0v) is 12.2. The first kappa shape index (κ1) is 15.9. The van der Waals surface area contributed by atoms with Crippen LogP contribution >= 0.6 is 0 Å². The highest BCUT2D eigenvalue weighted by atomic mass is 16.5. The van der Waals surface area contributed by atoms with Crippen molar-refractivity contribution in [1.29, 1.82) is 0 Å². The van der Waals surface area contributed by atoms with Gasteiger partial charge in [-0.05, 0) is 31.6 Å². The number of unbranched alkanes of at least 4 members (excludes halogenated alkanes) is 1. The monoisotopic (exact) mass is 257 g/mol. The number of aliphatic hydroxyl groups is 1. The molecule has 3 heteroatoms. The van der Waals surface area contributed by atoms with E-state index in [9.17, 15) is 5.11 Å². The van der Waals surface area contributed by atoms with Gasteiger partial charge in [0.25, 0.3) is 0 Å². The molecule has 2 N–H and O–H groups in total. The maximum Gasteiger partial charge on any atom is 0.0585 e. The molecule has 0 heterocycles. The van der Waals surface area contributed by atoms with E-state index < -0.39 is 0 Å². The summed E-state index contributed by atoms with van der Waals surface area (Å²) in [4.78, 5) is 0. The first-order valence-electron chi connectivity index (χ1n) is 7.74. The summed E-state index contributed by atoms with van der Waals surface area (Å²) in [5, 5.41) is 12.7. The Hall–Kier alpha value is -0.120. The lowest BCUT2D eigenvalue weighted by Gasteiger charge is -2.18. The minimum atomic E-state index is 0.229. The van der Waals surface area contributed by atoms with Gasteiger partial charge < -0.3 is 15.2 Å². The first-order chi connectivity index (χ1) is 8.80. The predicted octanol–water partition coefficient (Wildman–Crippen LogP) is 2.72. The smallest absolute Gasteiger partial charge is 0.0585 e. The second-order valence-corrected chi connectivity index (χ2v) is 5.60. The van der Waals surface area contributed by atoms with Gasteiger partial charge in [-0.25, -0.2) is 0 Å². The van der Waals surface area contributed by atoms with Crippen molar-refractivity contribution < 1.29 is 9.84 Å². The van der Waals surface area contributed by atoms with Crippen molar-refractivity contribution >= 4 is 0 Å². The number of rotatable bonds is 12. The molecule has 0 aromatic carbocycles. The summed E-state index contributed by atoms with van der Waals surface area (Å²) < 4.78 is 5.77. The van der Waals surface area contributed by atoms with E-state index in [1.165, 1.54) is 38.5 Å². The van der Waals surface area contributed by atoms with Crippen molar-refractivity contribution in [3.8, 4) is 0 Å². The summed E-state index contributed by atoms with van der Waals surface area (Å²) in [5.74, 6) is 0.717. The van der Waals surface area contributed by atoms with Crippen molar-refractivity contribution in [3.63, 3.8) is 0 Å². The third-order valence-corrected chi connectivity index (χ3v) is 3.78. The van der Waals surface area contributed by atoms with Crippen LogP contribution in [0.2, 0.25) is 0 Å². The Morgan fingerprint density at radius 2 is 2.06 bits per heavy atom. The Morgan fingerprint density at radius 1 is 1.28 bits per heavy atom. The van der Waals surface area contributed by atoms with Gasteiger partial charge in [0.05, 0.1) is 6.61 Å². The lowest BCUT2D eigenvalue weighted by atomic mass is 10.0. The molecule has 1 aliphatic carbocycles. The fourth-order valence-electron chi connectivity index (χ4n) is 2.18. The molecule has 108 valence electrons. The molecule has 1 saturated carbocycles. The number of nitrogens with one attached hydrogen (secondary N) is 1. The molecule has 0 amide bonds. The third-order valence-electron chi connectivity index (χ3n) is 3.78. The van der Waals surface area contributed by atoms with E-state index in [1.807, 2.05) is 0 Å². The van der Waals surface area contributed by atoms with Crippen molar-refractivity contribution in [2.24, 2.45) is 5.92 Å². The second-order valence-electron chi connectivity index (χ2n) is 5.60. The second kappa shape index (κ2) is 9.76. The van der Waals surface area contributed by atoms with E-state index in [0.717, 1.165) is 19.6 Å². The minimum Gasteiger partial charge on any atom is -0.395 e. The summed E-state index contributed by atoms with van der Waals surface area (Å²) >= 11 is 0. The topological polar surface area (TPSA) is 41.5 Å². The van der Waals surface area contributed by atoms with Crippen LogP contribution in [0.15, 0.2) is 0 Å². The Balaban J connectivity index is 2.00. The summed E-state index contributed by atoms with van der Waals surface area (Å²) in [6, 6.07) is 0.892. The molecule has 18 heavy (non-hydrogen) atoms. The zero-order valence-electron chi connectivity index (χ0n) is 12.2. The summed E-state index contributed by atoms with van der Waals surface area (Å²) in [6.07, 6.45) is 8.55. The van der Waals surface area contributed by atoms with Crippen molar-refractivity contribution in [2.75, 3.05) is 19.8 Å². The maximum absolute atomic E-state index is 9.26. The lowest BCUT2D eigenvalue weighted by molar-refractivity contribution is 0.0807. The van der Waals surface area contributed by atoms with Crippen LogP contribution in [0.25, 0.3) is 0 Å². The molecule has 0 radical (unpaired) electrons. The van der Waals surface area contributed by atoms with Crippen LogP contribution in [0.1, 0.15) is 58.8 Å².